The molecule has 0 unspecified atom stereocenters. The Balaban J connectivity index is 2.37. The second-order valence-electron chi connectivity index (χ2n) is 33.4. The topological polar surface area (TPSA) is 671 Å². The lowest BCUT2D eigenvalue weighted by Crippen LogP contribution is -2.62. The Hall–Kier alpha value is -9.81. The summed E-state index contributed by atoms with van der Waals surface area (Å²) in [5.41, 5.74) is 29.5. The molecular formula is C86H152N22O18S. The normalized spacial score (nSPS) is 14.6. The Morgan fingerprint density at radius 2 is 0.898 bits per heavy atom. The summed E-state index contributed by atoms with van der Waals surface area (Å²) in [7, 11) is 0. The number of carbonyl (C=O) groups excluding carboxylic acids is 13. The predicted octanol–water partition coefficient (Wildman–Crippen LogP) is 0.00617. The Labute approximate surface area is 752 Å². The second-order valence-corrected chi connectivity index (χ2v) is 34.4. The number of aromatic nitrogens is 2. The molecule has 0 aliphatic carbocycles. The van der Waals surface area contributed by atoms with E-state index in [1.54, 1.807) is 34.0 Å². The van der Waals surface area contributed by atoms with Gasteiger partial charge in [0.2, 0.25) is 76.8 Å². The smallest absolute Gasteiger partial charge is 0.305 e. The molecule has 720 valence electrons. The highest BCUT2D eigenvalue weighted by Crippen LogP contribution is 2.19. The predicted molar refractivity (Wildman–Crippen MR) is 485 cm³/mol. The monoisotopic (exact) mass is 1810 g/mol. The number of aromatic hydroxyl groups is 1. The van der Waals surface area contributed by atoms with Crippen molar-refractivity contribution in [3.63, 3.8) is 0 Å². The lowest BCUT2D eigenvalue weighted by Gasteiger charge is -2.29. The maximum atomic E-state index is 14.8. The number of imidazole rings is 1. The summed E-state index contributed by atoms with van der Waals surface area (Å²) in [6, 6.07) is -12.5. The van der Waals surface area contributed by atoms with Crippen molar-refractivity contribution in [2.24, 2.45) is 40.5 Å². The van der Waals surface area contributed by atoms with E-state index in [0.29, 0.717) is 62.9 Å². The van der Waals surface area contributed by atoms with Gasteiger partial charge in [-0.2, -0.15) is 11.8 Å². The van der Waals surface area contributed by atoms with Gasteiger partial charge in [-0.1, -0.05) is 130 Å². The first-order chi connectivity index (χ1) is 60.5. The lowest BCUT2D eigenvalue weighted by molar-refractivity contribution is -0.138. The summed E-state index contributed by atoms with van der Waals surface area (Å²) in [4.78, 5) is 202. The van der Waals surface area contributed by atoms with Crippen molar-refractivity contribution in [1.29, 1.82) is 5.41 Å². The van der Waals surface area contributed by atoms with Crippen LogP contribution in [0.1, 0.15) is 246 Å². The van der Waals surface area contributed by atoms with Gasteiger partial charge in [-0.15, -0.1) is 0 Å². The van der Waals surface area contributed by atoms with E-state index >= 15 is 0 Å². The summed E-state index contributed by atoms with van der Waals surface area (Å²) < 4.78 is 0. The molecule has 2 aromatic rings. The molecule has 14 atom stereocenters. The number of unbranched alkanes of at least 4 members (excludes halogenated alkanes) is 15. The number of thioether (sulfide) groups is 1. The second kappa shape index (κ2) is 65.7. The highest BCUT2D eigenvalue weighted by molar-refractivity contribution is 7.98. The number of nitrogens with two attached hydrogens (primary N) is 5. The van der Waals surface area contributed by atoms with Crippen molar-refractivity contribution in [2.75, 3.05) is 51.3 Å². The van der Waals surface area contributed by atoms with Gasteiger partial charge in [0.05, 0.1) is 43.2 Å². The molecule has 1 aromatic carbocycles. The number of rotatable bonds is 72. The third-order valence-electron chi connectivity index (χ3n) is 21.1. The van der Waals surface area contributed by atoms with E-state index < -0.39 is 181 Å². The molecule has 1 aromatic heterocycles. The number of carboxylic acids is 1. The number of nitrogens with zero attached hydrogens (tertiary/aromatic N) is 1. The van der Waals surface area contributed by atoms with Crippen molar-refractivity contribution in [3.05, 3.63) is 48.0 Å². The first-order valence-corrected chi connectivity index (χ1v) is 46.5. The van der Waals surface area contributed by atoms with E-state index in [4.69, 9.17) is 34.1 Å². The highest BCUT2D eigenvalue weighted by Gasteiger charge is 2.38. The molecule has 0 spiro atoms. The molecule has 30 N–H and O–H groups in total. The first kappa shape index (κ1) is 113. The minimum absolute atomic E-state index is 0.00578. The van der Waals surface area contributed by atoms with Gasteiger partial charge >= 0.3 is 5.97 Å². The number of phenolic OH excluding ortho intramolecular Hbond substituents is 1. The minimum Gasteiger partial charge on any atom is -0.508 e. The van der Waals surface area contributed by atoms with E-state index in [1.165, 1.54) is 107 Å². The largest absolute Gasteiger partial charge is 0.508 e. The van der Waals surface area contributed by atoms with Gasteiger partial charge in [0.15, 0.2) is 5.96 Å². The average Bonchev–Trinajstić information content (AvgIpc) is 1.12. The Kier molecular flexibility index (Phi) is 58.6. The SMILES string of the molecule is CCCCCCCCCCCCCCCC(=O)N[C@@H](CCCCN)C(=O)N[C@@H](CCCCN)C(=O)N[C@@H](CC(C)C)C(=O)N[C@@H](C)C(=O)N[C@@H](CO)C(=O)N[C@@H](CCSC)C(=O)N[C@H](C(=O)N[C@H](CN[C@@H](CCCCN)C(=O)N[C@@H](Cc1ccc(O)cc1)C(=O)N[C@@H](CCCNC(=N)N)C(=O)N[C@@H](CC(C)C)C(=O)N[C@@H](Cc1c[nH]cn1)C(N)=O)CC(=O)O)[C@@H](C)O. The van der Waals surface area contributed by atoms with Gasteiger partial charge < -0.3 is 129 Å². The molecule has 127 heavy (non-hydrogen) atoms. The van der Waals surface area contributed by atoms with Gasteiger partial charge in [0, 0.05) is 38.5 Å². The molecule has 1 heterocycles. The quantitative estimate of drug-likeness (QED) is 0.0236. The fraction of sp³-hybridized carbons (Fsp3) is 0.721. The number of H-pyrrole nitrogens is 1. The molecule has 2 rings (SSSR count). The first-order valence-electron chi connectivity index (χ1n) is 45.1. The molecular weight excluding hydrogens is 1660 g/mol. The van der Waals surface area contributed by atoms with Gasteiger partial charge in [0.1, 0.15) is 72.2 Å². The molecule has 0 fully saturated rings. The highest BCUT2D eigenvalue weighted by atomic mass is 32.2. The third-order valence-corrected chi connectivity index (χ3v) is 21.8. The number of guanidine groups is 1. The van der Waals surface area contributed by atoms with Crippen LogP contribution in [0.5, 0.6) is 5.75 Å². The molecule has 13 amide bonds. The average molecular weight is 1810 g/mol. The van der Waals surface area contributed by atoms with E-state index in [-0.39, 0.29) is 125 Å². The lowest BCUT2D eigenvalue weighted by atomic mass is 10.0. The number of primary amides is 1. The minimum atomic E-state index is -1.85. The number of amides is 13. The molecule has 0 aliphatic heterocycles. The van der Waals surface area contributed by atoms with Gasteiger partial charge in [-0.25, -0.2) is 4.98 Å². The third kappa shape index (κ3) is 49.4. The van der Waals surface area contributed by atoms with Gasteiger partial charge in [0.25, 0.3) is 0 Å². The van der Waals surface area contributed by atoms with Crippen molar-refractivity contribution < 1.29 is 87.5 Å². The molecule has 41 heteroatoms. The van der Waals surface area contributed by atoms with E-state index in [9.17, 15) is 87.5 Å². The number of aliphatic carboxylic acids is 1. The number of hydrogen-bond donors (Lipinski definition) is 25. The van der Waals surface area contributed by atoms with Crippen LogP contribution in [-0.4, -0.2) is 255 Å². The number of aromatic amines is 1. The zero-order valence-electron chi connectivity index (χ0n) is 75.8. The standard InChI is InChI=1S/C86H152N22O18S/c1-9-10-11-12-13-14-15-16-17-18-19-20-21-33-71(112)99-62(30-23-26-40-88)77(118)100-63(31-24-27-41-89)78(119)104-67(44-53(2)3)81(122)97-55(6)75(116)107-70(51-109)84(125)102-65(38-43-127-8)80(121)108-73(56(7)110)85(126)98-59(48-72(113)114)50-95-61(29-22-25-39-87)76(117)106-69(46-57-34-36-60(111)37-35-57)83(124)101-64(32-28-42-94-86(91)92)79(120)105-68(45-54(4)5)82(123)103-66(74(90)115)47-58-49-93-52-96-58/h34-37,49,52-56,59,61-70,73,95,109-111H,9-33,38-48,50-51,87-89H2,1-8H3,(H2,90,115)(H,93,96)(H,97,122)(H,98,126)(H,99,112)(H,100,118)(H,101,124)(H,102,125)(H,103,123)(H,104,119)(H,105,120)(H,106,117)(H,107,116)(H,108,121)(H,113,114)(H4,91,92,94)/t55-,56+,59-,61-,62-,63-,64-,65-,66-,67-,68-,69-,70-,73-/m0/s1. The Morgan fingerprint density at radius 3 is 1.36 bits per heavy atom. The number of aliphatic hydroxyl groups excluding tert-OH is 2. The van der Waals surface area contributed by atoms with Crippen LogP contribution >= 0.6 is 11.8 Å². The summed E-state index contributed by atoms with van der Waals surface area (Å²) in [5.74, 6) is -13.1. The summed E-state index contributed by atoms with van der Waals surface area (Å²) in [6.45, 7) is 11.2. The maximum absolute atomic E-state index is 14.8. The van der Waals surface area contributed by atoms with Crippen LogP contribution in [0.15, 0.2) is 36.8 Å². The zero-order valence-corrected chi connectivity index (χ0v) is 76.6. The Morgan fingerprint density at radius 1 is 0.472 bits per heavy atom. The number of nitrogens with one attached hydrogen (secondary N) is 16. The molecule has 0 aliphatic rings. The van der Waals surface area contributed by atoms with Crippen LogP contribution < -0.4 is 103 Å². The number of phenols is 1. The van der Waals surface area contributed by atoms with E-state index in [2.05, 4.69) is 91.3 Å². The van der Waals surface area contributed by atoms with E-state index in [0.717, 1.165) is 32.6 Å². The van der Waals surface area contributed by atoms with Crippen molar-refractivity contribution in [3.8, 4) is 5.75 Å². The fourth-order valence-corrected chi connectivity index (χ4v) is 14.4. The summed E-state index contributed by atoms with van der Waals surface area (Å²) in [5, 5.41) is 86.8. The van der Waals surface area contributed by atoms with Crippen molar-refractivity contribution in [1.82, 2.24) is 84.4 Å². The molecule has 0 saturated carbocycles. The number of hydrogen-bond acceptors (Lipinski definition) is 24. The summed E-state index contributed by atoms with van der Waals surface area (Å²) in [6.07, 6.45) is 19.9. The molecule has 40 nitrogen and oxygen atoms in total. The maximum Gasteiger partial charge on any atom is 0.305 e. The van der Waals surface area contributed by atoms with E-state index in [1.807, 2.05) is 0 Å². The van der Waals surface area contributed by atoms with Gasteiger partial charge in [-0.05, 0) is 165 Å². The van der Waals surface area contributed by atoms with Crippen LogP contribution in [0.3, 0.4) is 0 Å². The number of benzene rings is 1. The fourth-order valence-electron chi connectivity index (χ4n) is 13.9. The zero-order chi connectivity index (χ0) is 94.8. The molecule has 0 radical (unpaired) electrons. The molecule has 0 saturated heterocycles. The number of aliphatic hydroxyl groups is 2. The van der Waals surface area contributed by atoms with Crippen LogP contribution in [-0.2, 0) is 80.0 Å². The van der Waals surface area contributed by atoms with Crippen LogP contribution in [0.2, 0.25) is 0 Å². The summed E-state index contributed by atoms with van der Waals surface area (Å²) >= 11 is 1.26. The number of carboxylic acid groups (broad SMARTS) is 1. The molecule has 0 bridgehead atoms. The van der Waals surface area contributed by atoms with Crippen LogP contribution in [0.4, 0.5) is 0 Å². The van der Waals surface area contributed by atoms with Crippen LogP contribution in [0.25, 0.3) is 0 Å². The van der Waals surface area contributed by atoms with Gasteiger partial charge in [-0.3, -0.25) is 72.5 Å². The van der Waals surface area contributed by atoms with Crippen molar-refractivity contribution in [2.45, 2.75) is 332 Å². The van der Waals surface area contributed by atoms with Crippen molar-refractivity contribution >= 4 is 100 Å². The Bertz CT molecular complexity index is 3620. The van der Waals surface area contributed by atoms with Crippen LogP contribution in [0, 0.1) is 17.2 Å². The number of carbonyl (C=O) groups is 14.